The van der Waals surface area contributed by atoms with E-state index in [4.69, 9.17) is 9.47 Å². The van der Waals surface area contributed by atoms with Crippen LogP contribution in [0.5, 0.6) is 11.5 Å². The van der Waals surface area contributed by atoms with Gasteiger partial charge in [-0.15, -0.1) is 0 Å². The van der Waals surface area contributed by atoms with Gasteiger partial charge in [-0.1, -0.05) is 6.07 Å². The van der Waals surface area contributed by atoms with E-state index in [1.54, 1.807) is 19.2 Å². The minimum Gasteiger partial charge on any atom is -0.493 e. The van der Waals surface area contributed by atoms with E-state index >= 15 is 0 Å². The molecule has 2 aromatic carbocycles. The van der Waals surface area contributed by atoms with E-state index in [-0.39, 0.29) is 5.69 Å². The summed E-state index contributed by atoms with van der Waals surface area (Å²) < 4.78 is 11.2. The first-order valence-corrected chi connectivity index (χ1v) is 8.17. The number of aryl methyl sites for hydroxylation is 1. The Morgan fingerprint density at radius 2 is 1.72 bits per heavy atom. The lowest BCUT2D eigenvalue weighted by Gasteiger charge is -2.13. The molecule has 0 aromatic heterocycles. The normalized spacial score (nSPS) is 10.7. The summed E-state index contributed by atoms with van der Waals surface area (Å²) in [6.07, 6.45) is 2.07. The lowest BCUT2D eigenvalue weighted by molar-refractivity contribution is -0.384. The van der Waals surface area contributed by atoms with Crippen LogP contribution < -0.4 is 9.47 Å². The number of hydrogen-bond donors (Lipinski definition) is 0. The molecule has 0 saturated heterocycles. The van der Waals surface area contributed by atoms with E-state index in [1.807, 2.05) is 18.2 Å². The lowest BCUT2D eigenvalue weighted by atomic mass is 10.1. The first kappa shape index (κ1) is 18.7. The topological polar surface area (TPSA) is 64.8 Å². The number of methoxy groups -OCH3 is 1. The van der Waals surface area contributed by atoms with Crippen molar-refractivity contribution in [3.8, 4) is 11.5 Å². The van der Waals surface area contributed by atoms with E-state index < -0.39 is 4.92 Å². The molecule has 0 radical (unpaired) electrons. The van der Waals surface area contributed by atoms with E-state index in [0.717, 1.165) is 24.9 Å². The third kappa shape index (κ3) is 5.76. The van der Waals surface area contributed by atoms with Crippen molar-refractivity contribution in [2.24, 2.45) is 0 Å². The van der Waals surface area contributed by atoms with Gasteiger partial charge in [-0.05, 0) is 68.9 Å². The van der Waals surface area contributed by atoms with Crippen LogP contribution in [0.3, 0.4) is 0 Å². The monoisotopic (exact) mass is 344 g/mol. The Morgan fingerprint density at radius 3 is 2.32 bits per heavy atom. The van der Waals surface area contributed by atoms with Gasteiger partial charge >= 0.3 is 0 Å². The fraction of sp³-hybridized carbons (Fsp3) is 0.368. The standard InChI is InChI=1S/C19H24N2O4/c1-20(2)12-4-5-15-8-11-18(19(13-15)24-3)25-14-16-6-9-17(10-7-16)21(22)23/h6-11,13H,4-5,12,14H2,1-3H3. The molecule has 2 aromatic rings. The van der Waals surface area contributed by atoms with Crippen molar-refractivity contribution in [1.29, 1.82) is 0 Å². The quantitative estimate of drug-likeness (QED) is 0.513. The Balaban J connectivity index is 1.97. The number of nitro groups is 1. The maximum Gasteiger partial charge on any atom is 0.269 e. The summed E-state index contributed by atoms with van der Waals surface area (Å²) >= 11 is 0. The van der Waals surface area contributed by atoms with Crippen molar-refractivity contribution in [2.45, 2.75) is 19.4 Å². The van der Waals surface area contributed by atoms with Gasteiger partial charge < -0.3 is 14.4 Å². The predicted octanol–water partition coefficient (Wildman–Crippen LogP) is 3.68. The molecule has 0 aliphatic carbocycles. The number of ether oxygens (including phenoxy) is 2. The lowest BCUT2D eigenvalue weighted by Crippen LogP contribution is -2.13. The van der Waals surface area contributed by atoms with Crippen LogP contribution in [0, 0.1) is 10.1 Å². The van der Waals surface area contributed by atoms with E-state index in [2.05, 4.69) is 19.0 Å². The molecule has 25 heavy (non-hydrogen) atoms. The average Bonchev–Trinajstić information content (AvgIpc) is 2.60. The number of rotatable bonds is 9. The maximum absolute atomic E-state index is 10.7. The molecule has 0 saturated carbocycles. The summed E-state index contributed by atoms with van der Waals surface area (Å²) in [4.78, 5) is 12.4. The predicted molar refractivity (Wildman–Crippen MR) is 97.3 cm³/mol. The number of non-ortho nitro benzene ring substituents is 1. The van der Waals surface area contributed by atoms with Crippen molar-refractivity contribution >= 4 is 5.69 Å². The first-order chi connectivity index (χ1) is 12.0. The molecule has 0 aliphatic rings. The Labute approximate surface area is 148 Å². The molecule has 0 unspecified atom stereocenters. The second-order valence-electron chi connectivity index (χ2n) is 6.10. The Kier molecular flexibility index (Phi) is 6.77. The first-order valence-electron chi connectivity index (χ1n) is 8.17. The van der Waals surface area contributed by atoms with E-state index in [9.17, 15) is 10.1 Å². The average molecular weight is 344 g/mol. The van der Waals surface area contributed by atoms with E-state index in [1.165, 1.54) is 17.7 Å². The second-order valence-corrected chi connectivity index (χ2v) is 6.10. The third-order valence-electron chi connectivity index (χ3n) is 3.84. The van der Waals surface area contributed by atoms with Crippen molar-refractivity contribution in [1.82, 2.24) is 4.90 Å². The van der Waals surface area contributed by atoms with Crippen molar-refractivity contribution < 1.29 is 14.4 Å². The van der Waals surface area contributed by atoms with Crippen LogP contribution in [-0.4, -0.2) is 37.6 Å². The van der Waals surface area contributed by atoms with Crippen LogP contribution in [0.2, 0.25) is 0 Å². The van der Waals surface area contributed by atoms with Crippen LogP contribution in [0.25, 0.3) is 0 Å². The molecule has 0 N–H and O–H groups in total. The van der Waals surface area contributed by atoms with Crippen molar-refractivity contribution in [3.63, 3.8) is 0 Å². The Hall–Kier alpha value is -2.60. The Bertz CT molecular complexity index is 699. The smallest absolute Gasteiger partial charge is 0.269 e. The molecule has 0 amide bonds. The number of benzene rings is 2. The second kappa shape index (κ2) is 9.03. The molecule has 2 rings (SSSR count). The summed E-state index contributed by atoms with van der Waals surface area (Å²) in [6.45, 7) is 1.37. The molecule has 6 nitrogen and oxygen atoms in total. The molecule has 0 spiro atoms. The van der Waals surface area contributed by atoms with Crippen LogP contribution in [0.15, 0.2) is 42.5 Å². The molecule has 6 heteroatoms. The number of hydrogen-bond acceptors (Lipinski definition) is 5. The van der Waals surface area contributed by atoms with Gasteiger partial charge in [-0.25, -0.2) is 0 Å². The highest BCUT2D eigenvalue weighted by Gasteiger charge is 2.08. The molecule has 0 atom stereocenters. The number of nitrogens with zero attached hydrogens (tertiary/aromatic N) is 2. The highest BCUT2D eigenvalue weighted by molar-refractivity contribution is 5.43. The zero-order chi connectivity index (χ0) is 18.2. The molecular formula is C19H24N2O4. The Morgan fingerprint density at radius 1 is 1.04 bits per heavy atom. The summed E-state index contributed by atoms with van der Waals surface area (Å²) in [5, 5.41) is 10.7. The zero-order valence-electron chi connectivity index (χ0n) is 14.9. The highest BCUT2D eigenvalue weighted by atomic mass is 16.6. The highest BCUT2D eigenvalue weighted by Crippen LogP contribution is 2.29. The molecular weight excluding hydrogens is 320 g/mol. The molecule has 0 fully saturated rings. The molecule has 0 aliphatic heterocycles. The van der Waals surface area contributed by atoms with Gasteiger partial charge in [0.1, 0.15) is 6.61 Å². The molecule has 134 valence electrons. The van der Waals surface area contributed by atoms with Gasteiger partial charge in [0.05, 0.1) is 12.0 Å². The molecule has 0 heterocycles. The minimum absolute atomic E-state index is 0.0726. The summed E-state index contributed by atoms with van der Waals surface area (Å²) in [5.41, 5.74) is 2.15. The molecule has 0 bridgehead atoms. The van der Waals surface area contributed by atoms with Crippen molar-refractivity contribution in [2.75, 3.05) is 27.7 Å². The van der Waals surface area contributed by atoms with E-state index in [0.29, 0.717) is 18.1 Å². The largest absolute Gasteiger partial charge is 0.493 e. The van der Waals surface area contributed by atoms with Crippen LogP contribution in [0.1, 0.15) is 17.5 Å². The number of nitro benzene ring substituents is 1. The van der Waals surface area contributed by atoms with Crippen LogP contribution in [0.4, 0.5) is 5.69 Å². The van der Waals surface area contributed by atoms with Crippen LogP contribution >= 0.6 is 0 Å². The zero-order valence-corrected chi connectivity index (χ0v) is 14.9. The van der Waals surface area contributed by atoms with Gasteiger partial charge in [-0.3, -0.25) is 10.1 Å². The minimum atomic E-state index is -0.414. The summed E-state index contributed by atoms with van der Waals surface area (Å²) in [5.74, 6) is 1.36. The van der Waals surface area contributed by atoms with Gasteiger partial charge in [0, 0.05) is 12.1 Å². The maximum atomic E-state index is 10.7. The SMILES string of the molecule is COc1cc(CCCN(C)C)ccc1OCc1ccc([N+](=O)[O-])cc1. The third-order valence-corrected chi connectivity index (χ3v) is 3.84. The van der Waals surface area contributed by atoms with Gasteiger partial charge in [-0.2, -0.15) is 0 Å². The van der Waals surface area contributed by atoms with Gasteiger partial charge in [0.15, 0.2) is 11.5 Å². The van der Waals surface area contributed by atoms with Gasteiger partial charge in [0.25, 0.3) is 5.69 Å². The summed E-state index contributed by atoms with van der Waals surface area (Å²) in [7, 11) is 5.75. The van der Waals surface area contributed by atoms with Gasteiger partial charge in [0.2, 0.25) is 0 Å². The fourth-order valence-electron chi connectivity index (χ4n) is 2.46. The van der Waals surface area contributed by atoms with Crippen molar-refractivity contribution in [3.05, 3.63) is 63.7 Å². The van der Waals surface area contributed by atoms with Crippen LogP contribution in [-0.2, 0) is 13.0 Å². The summed E-state index contributed by atoms with van der Waals surface area (Å²) in [6, 6.07) is 12.3. The fourth-order valence-corrected chi connectivity index (χ4v) is 2.46.